The molecule has 6 heteroatoms. The Morgan fingerprint density at radius 3 is 2.51 bits per heavy atom. The van der Waals surface area contributed by atoms with Gasteiger partial charge in [-0.05, 0) is 115 Å². The molecule has 1 atom stereocenters. The monoisotopic (exact) mass is 536 g/mol. The zero-order valence-electron chi connectivity index (χ0n) is 23.2. The molecule has 0 aromatic carbocycles. The van der Waals surface area contributed by atoms with E-state index in [2.05, 4.69) is 43.1 Å². The SMILES string of the molecule is CCC[C@@H](CC)OC1=CC=C(C2=C(c3ccc(C(F)(F)F)nc3CC)CCCC3=C2CC=CC(N)=C3)CC=C1. The van der Waals surface area contributed by atoms with Crippen molar-refractivity contribution in [1.82, 2.24) is 4.98 Å². The number of rotatable bonds is 8. The Morgan fingerprint density at radius 2 is 1.79 bits per heavy atom. The lowest BCUT2D eigenvalue weighted by Crippen LogP contribution is -2.11. The van der Waals surface area contributed by atoms with Gasteiger partial charge in [-0.1, -0.05) is 51.5 Å². The lowest BCUT2D eigenvalue weighted by Gasteiger charge is -2.21. The summed E-state index contributed by atoms with van der Waals surface area (Å²) in [7, 11) is 0. The molecule has 3 nitrogen and oxygen atoms in total. The van der Waals surface area contributed by atoms with Crippen LogP contribution < -0.4 is 5.73 Å². The molecular weight excluding hydrogens is 497 g/mol. The van der Waals surface area contributed by atoms with Gasteiger partial charge >= 0.3 is 6.18 Å². The van der Waals surface area contributed by atoms with Crippen LogP contribution in [-0.2, 0) is 17.3 Å². The molecule has 4 rings (SSSR count). The Bertz CT molecular complexity index is 1290. The molecule has 208 valence electrons. The number of aryl methyl sites for hydroxylation is 1. The number of pyridine rings is 1. The largest absolute Gasteiger partial charge is 0.490 e. The molecule has 0 radical (unpaired) electrons. The Kier molecular flexibility index (Phi) is 9.36. The van der Waals surface area contributed by atoms with Crippen LogP contribution in [0.4, 0.5) is 13.2 Å². The number of ether oxygens (including phenoxy) is 1. The van der Waals surface area contributed by atoms with Crippen LogP contribution in [0.25, 0.3) is 5.57 Å². The van der Waals surface area contributed by atoms with Crippen molar-refractivity contribution < 1.29 is 17.9 Å². The third-order valence-corrected chi connectivity index (χ3v) is 7.52. The van der Waals surface area contributed by atoms with Crippen LogP contribution in [0.3, 0.4) is 0 Å². The predicted octanol–water partition coefficient (Wildman–Crippen LogP) is 9.06. The van der Waals surface area contributed by atoms with Gasteiger partial charge in [0.25, 0.3) is 0 Å². The number of nitrogens with zero attached hydrogens (tertiary/aromatic N) is 1. The number of aromatic nitrogens is 1. The van der Waals surface area contributed by atoms with E-state index in [4.69, 9.17) is 10.5 Å². The third-order valence-electron chi connectivity index (χ3n) is 7.52. The van der Waals surface area contributed by atoms with E-state index in [1.54, 1.807) is 6.07 Å². The normalized spacial score (nSPS) is 19.0. The molecule has 0 saturated carbocycles. The average Bonchev–Trinajstić information content (AvgIpc) is 3.32. The lowest BCUT2D eigenvalue weighted by molar-refractivity contribution is -0.141. The number of halogens is 3. The molecule has 3 aliphatic rings. The summed E-state index contributed by atoms with van der Waals surface area (Å²) < 4.78 is 46.9. The van der Waals surface area contributed by atoms with E-state index in [9.17, 15) is 13.2 Å². The maximum atomic E-state index is 13.5. The highest BCUT2D eigenvalue weighted by Crippen LogP contribution is 2.43. The van der Waals surface area contributed by atoms with Gasteiger partial charge in [-0.3, -0.25) is 0 Å². The molecule has 0 aliphatic heterocycles. The first-order chi connectivity index (χ1) is 18.7. The molecule has 3 aliphatic carbocycles. The second-order valence-corrected chi connectivity index (χ2v) is 10.3. The van der Waals surface area contributed by atoms with E-state index in [1.807, 2.05) is 25.2 Å². The van der Waals surface area contributed by atoms with Gasteiger partial charge in [-0.2, -0.15) is 13.2 Å². The second kappa shape index (κ2) is 12.7. The van der Waals surface area contributed by atoms with Crippen molar-refractivity contribution >= 4 is 5.57 Å². The van der Waals surface area contributed by atoms with Gasteiger partial charge in [0, 0.05) is 11.4 Å². The van der Waals surface area contributed by atoms with Crippen molar-refractivity contribution in [3.05, 3.63) is 105 Å². The highest BCUT2D eigenvalue weighted by atomic mass is 19.4. The minimum atomic E-state index is -4.48. The first-order valence-electron chi connectivity index (χ1n) is 14.2. The molecule has 0 amide bonds. The zero-order valence-corrected chi connectivity index (χ0v) is 23.2. The van der Waals surface area contributed by atoms with Crippen molar-refractivity contribution in [3.8, 4) is 0 Å². The molecule has 1 heterocycles. The highest BCUT2D eigenvalue weighted by Gasteiger charge is 2.33. The van der Waals surface area contributed by atoms with Crippen LogP contribution in [0.15, 0.2) is 88.4 Å². The fraction of sp³-hybridized carbons (Fsp3) is 0.424. The minimum Gasteiger partial charge on any atom is -0.490 e. The van der Waals surface area contributed by atoms with Gasteiger partial charge < -0.3 is 10.5 Å². The van der Waals surface area contributed by atoms with E-state index < -0.39 is 11.9 Å². The smallest absolute Gasteiger partial charge is 0.433 e. The molecule has 0 spiro atoms. The van der Waals surface area contributed by atoms with Crippen molar-refractivity contribution in [3.63, 3.8) is 0 Å². The van der Waals surface area contributed by atoms with Crippen LogP contribution >= 0.6 is 0 Å². The summed E-state index contributed by atoms with van der Waals surface area (Å²) in [6.07, 6.45) is 17.4. The zero-order chi connectivity index (χ0) is 28.0. The van der Waals surface area contributed by atoms with Gasteiger partial charge in [0.15, 0.2) is 0 Å². The van der Waals surface area contributed by atoms with Gasteiger partial charge in [-0.15, -0.1) is 0 Å². The topological polar surface area (TPSA) is 48.1 Å². The maximum Gasteiger partial charge on any atom is 0.433 e. The fourth-order valence-electron chi connectivity index (χ4n) is 5.62. The van der Waals surface area contributed by atoms with Gasteiger partial charge in [0.1, 0.15) is 11.5 Å². The number of hydrogen-bond donors (Lipinski definition) is 1. The van der Waals surface area contributed by atoms with Gasteiger partial charge in [-0.25, -0.2) is 4.98 Å². The molecule has 0 saturated heterocycles. The van der Waals surface area contributed by atoms with E-state index >= 15 is 0 Å². The molecule has 0 bridgehead atoms. The molecular formula is C33H39F3N2O. The van der Waals surface area contributed by atoms with Gasteiger partial charge in [0.05, 0.1) is 6.10 Å². The molecule has 0 unspecified atom stereocenters. The Morgan fingerprint density at radius 1 is 1.00 bits per heavy atom. The summed E-state index contributed by atoms with van der Waals surface area (Å²) in [5.74, 6) is 0.839. The maximum absolute atomic E-state index is 13.5. The third kappa shape index (κ3) is 6.84. The summed E-state index contributed by atoms with van der Waals surface area (Å²) >= 11 is 0. The standard InChI is InChI=1S/C33H39F3N2O/c1-4-10-25(5-2)39-26-14-7-11-22(17-18-26)32-27-15-9-13-24(37)21-23(27)12-8-16-29(32)28-19-20-31(33(34,35)36)38-30(28)6-3/h7,9,13-14,17-21,25H,4-6,8,10-12,15-16,37H2,1-3H3/t25-/m1/s1. The highest BCUT2D eigenvalue weighted by molar-refractivity contribution is 5.80. The Balaban J connectivity index is 1.90. The van der Waals surface area contributed by atoms with Gasteiger partial charge in [0.2, 0.25) is 0 Å². The van der Waals surface area contributed by atoms with Crippen molar-refractivity contribution in [1.29, 1.82) is 0 Å². The van der Waals surface area contributed by atoms with Crippen LogP contribution in [0.2, 0.25) is 0 Å². The first-order valence-corrected chi connectivity index (χ1v) is 14.2. The molecule has 0 fully saturated rings. The van der Waals surface area contributed by atoms with Crippen LogP contribution in [0.1, 0.15) is 89.1 Å². The minimum absolute atomic E-state index is 0.174. The van der Waals surface area contributed by atoms with Crippen LogP contribution in [-0.4, -0.2) is 11.1 Å². The van der Waals surface area contributed by atoms with E-state index in [-0.39, 0.29) is 6.10 Å². The fourth-order valence-corrected chi connectivity index (χ4v) is 5.62. The lowest BCUT2D eigenvalue weighted by atomic mass is 9.84. The number of nitrogens with two attached hydrogens (primary N) is 1. The molecule has 39 heavy (non-hydrogen) atoms. The van der Waals surface area contributed by atoms with E-state index in [0.29, 0.717) is 25.0 Å². The summed E-state index contributed by atoms with van der Waals surface area (Å²) in [4.78, 5) is 4.09. The number of allylic oxidation sites excluding steroid dienone is 12. The Labute approximate surface area is 230 Å². The van der Waals surface area contributed by atoms with Crippen molar-refractivity contribution in [2.75, 3.05) is 0 Å². The van der Waals surface area contributed by atoms with Crippen LogP contribution in [0, 0.1) is 0 Å². The van der Waals surface area contributed by atoms with E-state index in [0.717, 1.165) is 78.3 Å². The summed E-state index contributed by atoms with van der Waals surface area (Å²) in [6, 6.07) is 2.75. The number of hydrogen-bond acceptors (Lipinski definition) is 3. The quantitative estimate of drug-likeness (QED) is 0.360. The predicted molar refractivity (Wildman–Crippen MR) is 152 cm³/mol. The molecule has 2 N–H and O–H groups in total. The van der Waals surface area contributed by atoms with Crippen molar-refractivity contribution in [2.45, 2.75) is 90.8 Å². The Hall–Kier alpha value is -3.28. The van der Waals surface area contributed by atoms with Crippen molar-refractivity contribution in [2.24, 2.45) is 5.73 Å². The second-order valence-electron chi connectivity index (χ2n) is 10.3. The summed E-state index contributed by atoms with van der Waals surface area (Å²) in [5.41, 5.74) is 13.1. The van der Waals surface area contributed by atoms with Crippen LogP contribution in [0.5, 0.6) is 0 Å². The van der Waals surface area contributed by atoms with E-state index in [1.165, 1.54) is 11.1 Å². The summed E-state index contributed by atoms with van der Waals surface area (Å²) in [6.45, 7) is 6.17. The molecule has 1 aromatic rings. The first kappa shape index (κ1) is 28.7. The summed E-state index contributed by atoms with van der Waals surface area (Å²) in [5, 5.41) is 0. The molecule has 1 aromatic heterocycles. The number of alkyl halides is 3. The average molecular weight is 537 g/mol.